The smallest absolute Gasteiger partial charge is 0.277 e. The number of hydrogen-bond acceptors (Lipinski definition) is 3. The van der Waals surface area contributed by atoms with E-state index in [2.05, 4.69) is 24.5 Å². The molecule has 0 radical (unpaired) electrons. The molecule has 1 rings (SSSR count). The third-order valence-electron chi connectivity index (χ3n) is 3.85. The van der Waals surface area contributed by atoms with Crippen molar-refractivity contribution in [1.29, 1.82) is 0 Å². The average molecular weight is 282 g/mol. The summed E-state index contributed by atoms with van der Waals surface area (Å²) >= 11 is 0. The summed E-state index contributed by atoms with van der Waals surface area (Å²) < 4.78 is 0. The SMILES string of the molecule is CCCCCC[C@H](C)CCCC1C(=O)NC(=O)NC1=O. The summed E-state index contributed by atoms with van der Waals surface area (Å²) in [5.74, 6) is -1.01. The summed E-state index contributed by atoms with van der Waals surface area (Å²) in [6.45, 7) is 4.42. The summed E-state index contributed by atoms with van der Waals surface area (Å²) in [4.78, 5) is 34.0. The molecule has 0 bridgehead atoms. The van der Waals surface area contributed by atoms with E-state index in [0.717, 1.165) is 12.8 Å². The highest BCUT2D eigenvalue weighted by molar-refractivity contribution is 6.16. The van der Waals surface area contributed by atoms with E-state index >= 15 is 0 Å². The molecule has 1 aliphatic heterocycles. The number of carbonyl (C=O) groups is 3. The Balaban J connectivity index is 2.18. The van der Waals surface area contributed by atoms with Gasteiger partial charge in [-0.05, 0) is 12.3 Å². The van der Waals surface area contributed by atoms with E-state index in [-0.39, 0.29) is 0 Å². The Morgan fingerprint density at radius 1 is 0.950 bits per heavy atom. The maximum absolute atomic E-state index is 11.5. The van der Waals surface area contributed by atoms with Gasteiger partial charge in [0.2, 0.25) is 11.8 Å². The highest BCUT2D eigenvalue weighted by Crippen LogP contribution is 2.19. The van der Waals surface area contributed by atoms with Gasteiger partial charge in [0, 0.05) is 0 Å². The topological polar surface area (TPSA) is 75.3 Å². The normalized spacial score (nSPS) is 17.8. The van der Waals surface area contributed by atoms with Crippen LogP contribution >= 0.6 is 0 Å². The maximum atomic E-state index is 11.5. The molecule has 1 fully saturated rings. The Bertz CT molecular complexity index is 335. The number of nitrogens with one attached hydrogen (secondary N) is 2. The van der Waals surface area contributed by atoms with Crippen LogP contribution < -0.4 is 10.6 Å². The van der Waals surface area contributed by atoms with Crippen molar-refractivity contribution in [2.75, 3.05) is 0 Å². The van der Waals surface area contributed by atoms with Gasteiger partial charge in [0.1, 0.15) is 5.92 Å². The lowest BCUT2D eigenvalue weighted by molar-refractivity contribution is -0.136. The average Bonchev–Trinajstić information content (AvgIpc) is 2.37. The Hall–Kier alpha value is -1.39. The van der Waals surface area contributed by atoms with Crippen LogP contribution in [0.2, 0.25) is 0 Å². The summed E-state index contributed by atoms with van der Waals surface area (Å²) in [7, 11) is 0. The maximum Gasteiger partial charge on any atom is 0.328 e. The molecule has 2 N–H and O–H groups in total. The first-order valence-electron chi connectivity index (χ1n) is 7.70. The molecule has 0 aromatic rings. The standard InChI is InChI=1S/C15H26N2O3/c1-3-4-5-6-8-11(2)9-7-10-12-13(18)16-15(20)17-14(12)19/h11-12H,3-10H2,1-2H3,(H2,16,17,18,19,20)/t11-/m0/s1. The Labute approximate surface area is 120 Å². The predicted molar refractivity (Wildman–Crippen MR) is 76.9 cm³/mol. The molecule has 1 heterocycles. The van der Waals surface area contributed by atoms with Crippen molar-refractivity contribution in [3.05, 3.63) is 0 Å². The van der Waals surface area contributed by atoms with Gasteiger partial charge in [0.15, 0.2) is 0 Å². The number of imide groups is 2. The molecular weight excluding hydrogens is 256 g/mol. The number of hydrogen-bond donors (Lipinski definition) is 2. The molecule has 5 heteroatoms. The fraction of sp³-hybridized carbons (Fsp3) is 0.800. The first kappa shape index (κ1) is 16.7. The Morgan fingerprint density at radius 3 is 2.15 bits per heavy atom. The zero-order chi connectivity index (χ0) is 15.0. The molecule has 0 aliphatic carbocycles. The predicted octanol–water partition coefficient (Wildman–Crippen LogP) is 2.75. The minimum atomic E-state index is -0.708. The Morgan fingerprint density at radius 2 is 1.55 bits per heavy atom. The van der Waals surface area contributed by atoms with Crippen molar-refractivity contribution in [2.45, 2.75) is 65.2 Å². The zero-order valence-corrected chi connectivity index (χ0v) is 12.5. The van der Waals surface area contributed by atoms with Crippen molar-refractivity contribution in [1.82, 2.24) is 10.6 Å². The second-order valence-electron chi connectivity index (χ2n) is 5.75. The van der Waals surface area contributed by atoms with Crippen LogP contribution in [0.4, 0.5) is 4.79 Å². The molecule has 0 unspecified atom stereocenters. The van der Waals surface area contributed by atoms with Crippen LogP contribution in [0.3, 0.4) is 0 Å². The molecule has 114 valence electrons. The van der Waals surface area contributed by atoms with Gasteiger partial charge in [0.05, 0.1) is 0 Å². The first-order chi connectivity index (χ1) is 9.54. The van der Waals surface area contributed by atoms with Crippen molar-refractivity contribution in [3.63, 3.8) is 0 Å². The van der Waals surface area contributed by atoms with E-state index in [1.165, 1.54) is 32.1 Å². The number of carbonyl (C=O) groups excluding carboxylic acids is 3. The van der Waals surface area contributed by atoms with Crippen molar-refractivity contribution in [2.24, 2.45) is 11.8 Å². The monoisotopic (exact) mass is 282 g/mol. The Kier molecular flexibility index (Phi) is 7.26. The summed E-state index contributed by atoms with van der Waals surface area (Å²) in [5, 5.41) is 4.27. The quantitative estimate of drug-likeness (QED) is 0.504. The van der Waals surface area contributed by atoms with Gasteiger partial charge in [-0.15, -0.1) is 0 Å². The van der Waals surface area contributed by atoms with Gasteiger partial charge in [-0.25, -0.2) is 4.79 Å². The van der Waals surface area contributed by atoms with Crippen LogP contribution in [0.1, 0.15) is 65.2 Å². The molecule has 5 nitrogen and oxygen atoms in total. The van der Waals surface area contributed by atoms with E-state index in [1.54, 1.807) is 0 Å². The summed E-state index contributed by atoms with van der Waals surface area (Å²) in [5.41, 5.74) is 0. The number of unbranched alkanes of at least 4 members (excludes halogenated alkanes) is 3. The molecule has 0 saturated carbocycles. The second-order valence-corrected chi connectivity index (χ2v) is 5.75. The molecule has 1 saturated heterocycles. The minimum Gasteiger partial charge on any atom is -0.277 e. The van der Waals surface area contributed by atoms with E-state index in [0.29, 0.717) is 12.3 Å². The van der Waals surface area contributed by atoms with Crippen molar-refractivity contribution in [3.8, 4) is 0 Å². The molecule has 0 aromatic heterocycles. The lowest BCUT2D eigenvalue weighted by atomic mass is 9.92. The molecule has 20 heavy (non-hydrogen) atoms. The minimum absolute atomic E-state index is 0.464. The second kappa shape index (κ2) is 8.72. The van der Waals surface area contributed by atoms with Crippen LogP contribution in [0, 0.1) is 11.8 Å². The fourth-order valence-electron chi connectivity index (χ4n) is 2.54. The third kappa shape index (κ3) is 5.72. The largest absolute Gasteiger partial charge is 0.328 e. The van der Waals surface area contributed by atoms with Gasteiger partial charge >= 0.3 is 6.03 Å². The van der Waals surface area contributed by atoms with Crippen LogP contribution in [-0.2, 0) is 9.59 Å². The molecule has 1 atom stereocenters. The van der Waals surface area contributed by atoms with Gasteiger partial charge < -0.3 is 0 Å². The molecule has 1 aliphatic rings. The third-order valence-corrected chi connectivity index (χ3v) is 3.85. The number of barbiturate groups is 1. The molecule has 0 spiro atoms. The van der Waals surface area contributed by atoms with Crippen LogP contribution in [0.25, 0.3) is 0 Å². The lowest BCUT2D eigenvalue weighted by Gasteiger charge is -2.21. The molecular formula is C15H26N2O3. The van der Waals surface area contributed by atoms with Crippen LogP contribution in [0.15, 0.2) is 0 Å². The number of amides is 4. The van der Waals surface area contributed by atoms with Crippen molar-refractivity contribution >= 4 is 17.8 Å². The van der Waals surface area contributed by atoms with Gasteiger partial charge in [-0.1, -0.05) is 58.8 Å². The van der Waals surface area contributed by atoms with Gasteiger partial charge in [-0.2, -0.15) is 0 Å². The number of urea groups is 1. The lowest BCUT2D eigenvalue weighted by Crippen LogP contribution is -2.55. The van der Waals surface area contributed by atoms with Gasteiger partial charge in [-0.3, -0.25) is 20.2 Å². The van der Waals surface area contributed by atoms with E-state index < -0.39 is 23.8 Å². The molecule has 0 aromatic carbocycles. The van der Waals surface area contributed by atoms with Crippen molar-refractivity contribution < 1.29 is 14.4 Å². The molecule has 4 amide bonds. The van der Waals surface area contributed by atoms with Crippen LogP contribution in [-0.4, -0.2) is 17.8 Å². The highest BCUT2D eigenvalue weighted by Gasteiger charge is 2.33. The van der Waals surface area contributed by atoms with Gasteiger partial charge in [0.25, 0.3) is 0 Å². The summed E-state index contributed by atoms with van der Waals surface area (Å²) in [6, 6.07) is -0.708. The first-order valence-corrected chi connectivity index (χ1v) is 7.70. The summed E-state index contributed by atoms with van der Waals surface area (Å²) in [6.07, 6.45) is 8.68. The van der Waals surface area contributed by atoms with E-state index in [9.17, 15) is 14.4 Å². The zero-order valence-electron chi connectivity index (χ0n) is 12.5. The number of rotatable bonds is 9. The fourth-order valence-corrected chi connectivity index (χ4v) is 2.54. The van der Waals surface area contributed by atoms with Crippen LogP contribution in [0.5, 0.6) is 0 Å². The van der Waals surface area contributed by atoms with E-state index in [1.807, 2.05) is 0 Å². The van der Waals surface area contributed by atoms with E-state index in [4.69, 9.17) is 0 Å². The highest BCUT2D eigenvalue weighted by atomic mass is 16.2.